The van der Waals surface area contributed by atoms with Crippen LogP contribution in [0.5, 0.6) is 0 Å². The largest absolute Gasteiger partial charge is 0.443 e. The summed E-state index contributed by atoms with van der Waals surface area (Å²) in [5, 5.41) is 1.72. The minimum Gasteiger partial charge on any atom is -0.443 e. The number of benzene rings is 1. The second kappa shape index (κ2) is 9.63. The van der Waals surface area contributed by atoms with Gasteiger partial charge in [-0.05, 0) is 65.5 Å². The molecular weight excluding hydrogens is 412 g/mol. The quantitative estimate of drug-likeness (QED) is 0.591. The summed E-state index contributed by atoms with van der Waals surface area (Å²) in [5.74, 6) is -0.630. The standard InChI is InChI=1S/C24H34N2O6/c1-16(14-20(27)32-25(8)21(28)30-23(2,3)4)13-17-15-26(22(29)31-24(5,6)7)19-12-10-9-11-18(17)19/h9-12,15-16H,13-14H2,1-8H3. The van der Waals surface area contributed by atoms with Crippen molar-refractivity contribution < 1.29 is 28.7 Å². The normalized spacial score (nSPS) is 12.9. The lowest BCUT2D eigenvalue weighted by Crippen LogP contribution is -2.36. The van der Waals surface area contributed by atoms with Gasteiger partial charge in [-0.3, -0.25) is 4.57 Å². The topological polar surface area (TPSA) is 87.1 Å². The molecule has 1 heterocycles. The minimum absolute atomic E-state index is 0.0903. The first-order chi connectivity index (χ1) is 14.7. The number of hydroxylamine groups is 2. The minimum atomic E-state index is -0.737. The van der Waals surface area contributed by atoms with Crippen molar-refractivity contribution >= 4 is 29.1 Å². The molecule has 0 N–H and O–H groups in total. The van der Waals surface area contributed by atoms with Crippen LogP contribution in [-0.2, 0) is 25.5 Å². The summed E-state index contributed by atoms with van der Waals surface area (Å²) >= 11 is 0. The third-order valence-electron chi connectivity index (χ3n) is 4.36. The van der Waals surface area contributed by atoms with Crippen molar-refractivity contribution in [2.24, 2.45) is 5.92 Å². The molecule has 176 valence electrons. The summed E-state index contributed by atoms with van der Waals surface area (Å²) in [6.45, 7) is 12.6. The van der Waals surface area contributed by atoms with Crippen molar-refractivity contribution in [3.8, 4) is 0 Å². The lowest BCUT2D eigenvalue weighted by Gasteiger charge is -2.23. The summed E-state index contributed by atoms with van der Waals surface area (Å²) in [7, 11) is 1.34. The van der Waals surface area contributed by atoms with Crippen LogP contribution in [0.2, 0.25) is 0 Å². The van der Waals surface area contributed by atoms with Crippen molar-refractivity contribution in [3.05, 3.63) is 36.0 Å². The van der Waals surface area contributed by atoms with Crippen molar-refractivity contribution in [1.82, 2.24) is 9.63 Å². The number of nitrogens with zero attached hydrogens (tertiary/aromatic N) is 2. The highest BCUT2D eigenvalue weighted by Crippen LogP contribution is 2.26. The van der Waals surface area contributed by atoms with E-state index in [1.54, 1.807) is 27.0 Å². The predicted molar refractivity (Wildman–Crippen MR) is 121 cm³/mol. The van der Waals surface area contributed by atoms with Gasteiger partial charge in [0.15, 0.2) is 0 Å². The maximum atomic E-state index is 12.7. The number of aromatic nitrogens is 1. The summed E-state index contributed by atoms with van der Waals surface area (Å²) in [6, 6.07) is 7.56. The lowest BCUT2D eigenvalue weighted by atomic mass is 9.98. The molecular formula is C24H34N2O6. The van der Waals surface area contributed by atoms with Crippen molar-refractivity contribution in [2.75, 3.05) is 7.05 Å². The van der Waals surface area contributed by atoms with Gasteiger partial charge in [-0.2, -0.15) is 0 Å². The Bertz CT molecular complexity index is 981. The van der Waals surface area contributed by atoms with Gasteiger partial charge in [0, 0.05) is 11.6 Å². The van der Waals surface area contributed by atoms with E-state index >= 15 is 0 Å². The van der Waals surface area contributed by atoms with Gasteiger partial charge in [0.2, 0.25) is 0 Å². The number of carbonyl (C=O) groups excluding carboxylic acids is 3. The van der Waals surface area contributed by atoms with Crippen LogP contribution >= 0.6 is 0 Å². The molecule has 2 rings (SSSR count). The fourth-order valence-electron chi connectivity index (χ4n) is 3.16. The van der Waals surface area contributed by atoms with E-state index in [4.69, 9.17) is 14.3 Å². The van der Waals surface area contributed by atoms with Gasteiger partial charge < -0.3 is 14.3 Å². The fraction of sp³-hybridized carbons (Fsp3) is 0.542. The molecule has 1 aromatic heterocycles. The Labute approximate surface area is 189 Å². The molecule has 0 saturated carbocycles. The highest BCUT2D eigenvalue weighted by Gasteiger charge is 2.24. The Morgan fingerprint density at radius 3 is 2.19 bits per heavy atom. The van der Waals surface area contributed by atoms with E-state index in [0.29, 0.717) is 6.42 Å². The molecule has 0 saturated heterocycles. The zero-order chi connectivity index (χ0) is 24.3. The Morgan fingerprint density at radius 2 is 1.59 bits per heavy atom. The van der Waals surface area contributed by atoms with Crippen LogP contribution < -0.4 is 0 Å². The molecule has 1 aromatic carbocycles. The molecule has 32 heavy (non-hydrogen) atoms. The van der Waals surface area contributed by atoms with Crippen LogP contribution in [0.15, 0.2) is 30.5 Å². The van der Waals surface area contributed by atoms with E-state index in [-0.39, 0.29) is 12.3 Å². The lowest BCUT2D eigenvalue weighted by molar-refractivity contribution is -0.180. The Hall–Kier alpha value is -3.03. The van der Waals surface area contributed by atoms with Gasteiger partial charge in [-0.15, -0.1) is 5.06 Å². The number of para-hydroxylation sites is 1. The third-order valence-corrected chi connectivity index (χ3v) is 4.36. The molecule has 0 spiro atoms. The van der Waals surface area contributed by atoms with Crippen LogP contribution in [0, 0.1) is 5.92 Å². The van der Waals surface area contributed by atoms with Gasteiger partial charge in [0.05, 0.1) is 19.0 Å². The molecule has 0 aliphatic heterocycles. The van der Waals surface area contributed by atoms with Gasteiger partial charge in [-0.1, -0.05) is 25.1 Å². The Kier molecular flexibility index (Phi) is 7.59. The summed E-state index contributed by atoms with van der Waals surface area (Å²) in [5.41, 5.74) is 0.371. The molecule has 0 aliphatic rings. The van der Waals surface area contributed by atoms with E-state index in [1.165, 1.54) is 11.6 Å². The van der Waals surface area contributed by atoms with Gasteiger partial charge in [0.25, 0.3) is 0 Å². The van der Waals surface area contributed by atoms with E-state index in [0.717, 1.165) is 21.5 Å². The van der Waals surface area contributed by atoms with Gasteiger partial charge in [-0.25, -0.2) is 14.4 Å². The third kappa shape index (κ3) is 7.28. The van der Waals surface area contributed by atoms with Crippen LogP contribution in [0.4, 0.5) is 9.59 Å². The predicted octanol–water partition coefficient (Wildman–Crippen LogP) is 5.32. The summed E-state index contributed by atoms with van der Waals surface area (Å²) in [6.07, 6.45) is 1.21. The summed E-state index contributed by atoms with van der Waals surface area (Å²) < 4.78 is 12.2. The van der Waals surface area contributed by atoms with Crippen LogP contribution in [0.25, 0.3) is 10.9 Å². The first kappa shape index (κ1) is 25.2. The number of rotatable bonds is 4. The first-order valence-electron chi connectivity index (χ1n) is 10.7. The van der Waals surface area contributed by atoms with E-state index in [1.807, 2.05) is 52.0 Å². The monoisotopic (exact) mass is 446 g/mol. The average Bonchev–Trinajstić information content (AvgIpc) is 2.97. The number of hydrogen-bond acceptors (Lipinski definition) is 6. The zero-order valence-electron chi connectivity index (χ0n) is 20.2. The van der Waals surface area contributed by atoms with Gasteiger partial charge >= 0.3 is 18.2 Å². The second-order valence-corrected chi connectivity index (χ2v) is 9.98. The highest BCUT2D eigenvalue weighted by atomic mass is 16.8. The Morgan fingerprint density at radius 1 is 1.00 bits per heavy atom. The van der Waals surface area contributed by atoms with Crippen LogP contribution in [0.3, 0.4) is 0 Å². The van der Waals surface area contributed by atoms with E-state index < -0.39 is 29.4 Å². The molecule has 2 aromatic rings. The smallest absolute Gasteiger partial charge is 0.443 e. The molecule has 1 unspecified atom stereocenters. The number of carbonyl (C=O) groups is 3. The van der Waals surface area contributed by atoms with Crippen LogP contribution in [0.1, 0.15) is 60.5 Å². The van der Waals surface area contributed by atoms with Crippen molar-refractivity contribution in [1.29, 1.82) is 0 Å². The second-order valence-electron chi connectivity index (χ2n) is 9.98. The maximum absolute atomic E-state index is 12.7. The number of amides is 1. The van der Waals surface area contributed by atoms with Crippen LogP contribution in [-0.4, -0.2) is 46.0 Å². The molecule has 0 bridgehead atoms. The molecule has 0 aliphatic carbocycles. The van der Waals surface area contributed by atoms with E-state index in [9.17, 15) is 14.4 Å². The van der Waals surface area contributed by atoms with E-state index in [2.05, 4.69) is 0 Å². The summed E-state index contributed by atoms with van der Waals surface area (Å²) in [4.78, 5) is 42.0. The van der Waals surface area contributed by atoms with Crippen molar-refractivity contribution in [2.45, 2.75) is 72.5 Å². The molecule has 0 fully saturated rings. The molecule has 8 heteroatoms. The van der Waals surface area contributed by atoms with Gasteiger partial charge in [0.1, 0.15) is 11.2 Å². The number of fused-ring (bicyclic) bond motifs is 1. The Balaban J connectivity index is 2.07. The molecule has 8 nitrogen and oxygen atoms in total. The zero-order valence-corrected chi connectivity index (χ0v) is 20.2. The molecule has 1 amide bonds. The maximum Gasteiger partial charge on any atom is 0.443 e. The average molecular weight is 447 g/mol. The number of ether oxygens (including phenoxy) is 2. The fourth-order valence-corrected chi connectivity index (χ4v) is 3.16. The van der Waals surface area contributed by atoms with Crippen molar-refractivity contribution in [3.63, 3.8) is 0 Å². The SMILES string of the molecule is CC(CC(=O)ON(C)C(=O)OC(C)(C)C)Cc1cn(C(=O)OC(C)(C)C)c2ccccc12. The molecule has 0 radical (unpaired) electrons. The highest BCUT2D eigenvalue weighted by molar-refractivity contribution is 5.92. The molecule has 1 atom stereocenters. The number of hydrogen-bond donors (Lipinski definition) is 0. The first-order valence-corrected chi connectivity index (χ1v) is 10.7.